The minimum absolute atomic E-state index is 0.711. The quantitative estimate of drug-likeness (QED) is 0.636. The molecule has 0 aliphatic heterocycles. The first-order chi connectivity index (χ1) is 9.27. The van der Waals surface area contributed by atoms with E-state index in [2.05, 4.69) is 46.4 Å². The molecule has 19 heavy (non-hydrogen) atoms. The number of benzene rings is 1. The molecule has 0 fully saturated rings. The lowest BCUT2D eigenvalue weighted by Crippen LogP contribution is -2.15. The average Bonchev–Trinajstić information content (AvgIpc) is 2.41. The van der Waals surface area contributed by atoms with Crippen LogP contribution in [0.1, 0.15) is 45.1 Å². The van der Waals surface area contributed by atoms with Gasteiger partial charge < -0.3 is 10.1 Å². The van der Waals surface area contributed by atoms with Gasteiger partial charge in [-0.05, 0) is 79.3 Å². The van der Waals surface area contributed by atoms with Gasteiger partial charge in [0.05, 0.1) is 11.1 Å². The molecule has 0 saturated heterocycles. The van der Waals surface area contributed by atoms with E-state index in [1.54, 1.807) is 0 Å². The van der Waals surface area contributed by atoms with E-state index < -0.39 is 0 Å². The Labute approximate surface area is 126 Å². The summed E-state index contributed by atoms with van der Waals surface area (Å²) in [5.41, 5.74) is 1.39. The van der Waals surface area contributed by atoms with Crippen LogP contribution in [0.5, 0.6) is 5.75 Å². The van der Waals surface area contributed by atoms with Gasteiger partial charge in [0.1, 0.15) is 5.75 Å². The van der Waals surface area contributed by atoms with Gasteiger partial charge in [0.25, 0.3) is 0 Å². The Morgan fingerprint density at radius 1 is 1.11 bits per heavy atom. The van der Waals surface area contributed by atoms with Crippen molar-refractivity contribution in [1.82, 2.24) is 5.32 Å². The maximum Gasteiger partial charge on any atom is 0.133 e. The van der Waals surface area contributed by atoms with E-state index in [9.17, 15) is 0 Å². The Hall–Kier alpha value is -0.540. The van der Waals surface area contributed by atoms with Gasteiger partial charge in [-0.25, -0.2) is 0 Å². The Kier molecular flexibility index (Phi) is 8.93. The number of nitrogens with one attached hydrogen (secondary N) is 1. The van der Waals surface area contributed by atoms with Gasteiger partial charge in [-0.2, -0.15) is 0 Å². The Balaban J connectivity index is 2.20. The molecule has 0 aromatic heterocycles. The third-order valence-corrected chi connectivity index (χ3v) is 3.66. The van der Waals surface area contributed by atoms with E-state index in [0.717, 1.165) is 29.7 Å². The van der Waals surface area contributed by atoms with Crippen LogP contribution in [0.25, 0.3) is 0 Å². The third kappa shape index (κ3) is 6.98. The Morgan fingerprint density at radius 2 is 1.95 bits per heavy atom. The fraction of sp³-hybridized carbons (Fsp3) is 0.625. The molecule has 0 unspecified atom stereocenters. The number of rotatable bonds is 10. The van der Waals surface area contributed by atoms with E-state index in [1.807, 2.05) is 6.92 Å². The summed E-state index contributed by atoms with van der Waals surface area (Å²) < 4.78 is 6.58. The van der Waals surface area contributed by atoms with Gasteiger partial charge in [-0.15, -0.1) is 0 Å². The summed E-state index contributed by atoms with van der Waals surface area (Å²) in [7, 11) is 0. The van der Waals surface area contributed by atoms with Crippen molar-refractivity contribution in [3.8, 4) is 5.75 Å². The first kappa shape index (κ1) is 16.5. The minimum Gasteiger partial charge on any atom is -0.493 e. The molecular weight excluding hydrogens is 302 g/mol. The smallest absolute Gasteiger partial charge is 0.133 e. The second kappa shape index (κ2) is 10.3. The van der Waals surface area contributed by atoms with Crippen molar-refractivity contribution < 1.29 is 4.74 Å². The summed E-state index contributed by atoms with van der Waals surface area (Å²) in [5.74, 6) is 0.940. The van der Waals surface area contributed by atoms with E-state index in [1.165, 1.54) is 31.2 Å². The van der Waals surface area contributed by atoms with Gasteiger partial charge in [-0.1, -0.05) is 19.4 Å². The molecule has 1 aromatic carbocycles. The van der Waals surface area contributed by atoms with Crippen LogP contribution in [0.15, 0.2) is 22.7 Å². The highest BCUT2D eigenvalue weighted by molar-refractivity contribution is 9.10. The molecule has 1 aromatic rings. The second-order valence-electron chi connectivity index (χ2n) is 4.76. The summed E-state index contributed by atoms with van der Waals surface area (Å²) in [6.07, 6.45) is 6.20. The first-order valence-corrected chi connectivity index (χ1v) is 8.19. The molecule has 0 aliphatic carbocycles. The van der Waals surface area contributed by atoms with Crippen LogP contribution in [0.3, 0.4) is 0 Å². The second-order valence-corrected chi connectivity index (χ2v) is 5.61. The molecule has 0 bridgehead atoms. The molecular formula is C16H26BrNO. The SMILES string of the molecule is CCCNCCCCCc1ccc(OCC)c(Br)c1. The molecule has 0 amide bonds. The fourth-order valence-electron chi connectivity index (χ4n) is 2.03. The van der Waals surface area contributed by atoms with Gasteiger partial charge in [0, 0.05) is 0 Å². The lowest BCUT2D eigenvalue weighted by atomic mass is 10.1. The van der Waals surface area contributed by atoms with Crippen LogP contribution in [0.4, 0.5) is 0 Å². The van der Waals surface area contributed by atoms with Crippen LogP contribution in [0.2, 0.25) is 0 Å². The molecule has 2 nitrogen and oxygen atoms in total. The number of ether oxygens (including phenoxy) is 1. The van der Waals surface area contributed by atoms with Crippen LogP contribution < -0.4 is 10.1 Å². The zero-order valence-electron chi connectivity index (χ0n) is 12.2. The van der Waals surface area contributed by atoms with E-state index in [0.29, 0.717) is 6.61 Å². The molecule has 0 aliphatic rings. The van der Waals surface area contributed by atoms with Crippen molar-refractivity contribution in [3.63, 3.8) is 0 Å². The summed E-state index contributed by atoms with van der Waals surface area (Å²) in [6.45, 7) is 7.22. The molecule has 3 heteroatoms. The fourth-order valence-corrected chi connectivity index (χ4v) is 2.57. The molecule has 0 spiro atoms. The van der Waals surface area contributed by atoms with Crippen LogP contribution >= 0.6 is 15.9 Å². The normalized spacial score (nSPS) is 10.7. The van der Waals surface area contributed by atoms with Crippen molar-refractivity contribution in [1.29, 1.82) is 0 Å². The Morgan fingerprint density at radius 3 is 2.63 bits per heavy atom. The van der Waals surface area contributed by atoms with Crippen LogP contribution in [0, 0.1) is 0 Å². The predicted molar refractivity (Wildman–Crippen MR) is 86.0 cm³/mol. The molecule has 1 N–H and O–H groups in total. The van der Waals surface area contributed by atoms with E-state index in [4.69, 9.17) is 4.74 Å². The lowest BCUT2D eigenvalue weighted by Gasteiger charge is -2.08. The maximum atomic E-state index is 5.52. The van der Waals surface area contributed by atoms with E-state index in [-0.39, 0.29) is 0 Å². The van der Waals surface area contributed by atoms with Crippen molar-refractivity contribution in [2.45, 2.75) is 46.0 Å². The highest BCUT2D eigenvalue weighted by Crippen LogP contribution is 2.26. The van der Waals surface area contributed by atoms with Crippen molar-refractivity contribution in [2.24, 2.45) is 0 Å². The molecule has 0 saturated carbocycles. The third-order valence-electron chi connectivity index (χ3n) is 3.04. The van der Waals surface area contributed by atoms with Gasteiger partial charge in [0.15, 0.2) is 0 Å². The van der Waals surface area contributed by atoms with Crippen LogP contribution in [-0.2, 0) is 6.42 Å². The highest BCUT2D eigenvalue weighted by atomic mass is 79.9. The predicted octanol–water partition coefficient (Wildman–Crippen LogP) is 4.56. The molecule has 0 heterocycles. The lowest BCUT2D eigenvalue weighted by molar-refractivity contribution is 0.338. The van der Waals surface area contributed by atoms with E-state index >= 15 is 0 Å². The summed E-state index contributed by atoms with van der Waals surface area (Å²) >= 11 is 3.56. The average molecular weight is 328 g/mol. The van der Waals surface area contributed by atoms with Crippen molar-refractivity contribution >= 4 is 15.9 Å². The highest BCUT2D eigenvalue weighted by Gasteiger charge is 2.02. The maximum absolute atomic E-state index is 5.52. The zero-order chi connectivity index (χ0) is 13.9. The van der Waals surface area contributed by atoms with Crippen LogP contribution in [-0.4, -0.2) is 19.7 Å². The minimum atomic E-state index is 0.711. The molecule has 0 radical (unpaired) electrons. The number of hydrogen-bond acceptors (Lipinski definition) is 2. The number of hydrogen-bond donors (Lipinski definition) is 1. The van der Waals surface area contributed by atoms with Crippen molar-refractivity contribution in [2.75, 3.05) is 19.7 Å². The van der Waals surface area contributed by atoms with Crippen molar-refractivity contribution in [3.05, 3.63) is 28.2 Å². The standard InChI is InChI=1S/C16H26BrNO/c1-3-11-18-12-7-5-6-8-14-9-10-16(19-4-2)15(17)13-14/h9-10,13,18H,3-8,11-12H2,1-2H3. The zero-order valence-corrected chi connectivity index (χ0v) is 13.8. The largest absolute Gasteiger partial charge is 0.493 e. The summed E-state index contributed by atoms with van der Waals surface area (Å²) in [4.78, 5) is 0. The van der Waals surface area contributed by atoms with Gasteiger partial charge >= 0.3 is 0 Å². The molecule has 1 rings (SSSR count). The number of unbranched alkanes of at least 4 members (excludes halogenated alkanes) is 2. The molecule has 108 valence electrons. The topological polar surface area (TPSA) is 21.3 Å². The first-order valence-electron chi connectivity index (χ1n) is 7.39. The summed E-state index contributed by atoms with van der Waals surface area (Å²) in [6, 6.07) is 6.41. The number of halogens is 1. The Bertz CT molecular complexity index is 355. The summed E-state index contributed by atoms with van der Waals surface area (Å²) in [5, 5.41) is 3.44. The van der Waals surface area contributed by atoms with Gasteiger partial charge in [0.2, 0.25) is 0 Å². The molecule has 0 atom stereocenters. The van der Waals surface area contributed by atoms with Gasteiger partial charge in [-0.3, -0.25) is 0 Å². The number of aryl methyl sites for hydroxylation is 1. The monoisotopic (exact) mass is 327 g/mol.